The highest BCUT2D eigenvalue weighted by atomic mass is 35.5. The van der Waals surface area contributed by atoms with E-state index in [2.05, 4.69) is 17.2 Å². The van der Waals surface area contributed by atoms with Crippen molar-refractivity contribution in [2.24, 2.45) is 11.8 Å². The van der Waals surface area contributed by atoms with Gasteiger partial charge in [0.1, 0.15) is 5.82 Å². The predicted octanol–water partition coefficient (Wildman–Crippen LogP) is 4.70. The zero-order valence-corrected chi connectivity index (χ0v) is 17.0. The maximum absolute atomic E-state index is 12.6. The molecule has 0 unspecified atom stereocenters. The van der Waals surface area contributed by atoms with Gasteiger partial charge in [0, 0.05) is 35.8 Å². The summed E-state index contributed by atoms with van der Waals surface area (Å²) in [4.78, 5) is 30.9. The highest BCUT2D eigenvalue weighted by molar-refractivity contribution is 6.67. The van der Waals surface area contributed by atoms with Crippen LogP contribution in [-0.4, -0.2) is 22.2 Å². The van der Waals surface area contributed by atoms with Gasteiger partial charge in [-0.2, -0.15) is 0 Å². The van der Waals surface area contributed by atoms with E-state index in [9.17, 15) is 9.59 Å². The molecule has 28 heavy (non-hydrogen) atoms. The molecular formula is C22H24ClN3O2. The number of nitrogens with one attached hydrogen (secondary N) is 1. The van der Waals surface area contributed by atoms with E-state index >= 15 is 0 Å². The van der Waals surface area contributed by atoms with Crippen molar-refractivity contribution >= 4 is 34.3 Å². The summed E-state index contributed by atoms with van der Waals surface area (Å²) in [5.41, 5.74) is 3.14. The largest absolute Gasteiger partial charge is 0.363 e. The van der Waals surface area contributed by atoms with Crippen LogP contribution in [0.3, 0.4) is 0 Å². The van der Waals surface area contributed by atoms with Crippen molar-refractivity contribution < 1.29 is 9.59 Å². The minimum Gasteiger partial charge on any atom is -0.363 e. The van der Waals surface area contributed by atoms with Crippen LogP contribution < -0.4 is 10.2 Å². The predicted molar refractivity (Wildman–Crippen MR) is 111 cm³/mol. The van der Waals surface area contributed by atoms with Crippen LogP contribution in [0.1, 0.15) is 54.3 Å². The molecule has 1 amide bonds. The number of aryl methyl sites for hydroxylation is 1. The standard InChI is InChI=1S/C22H24ClN3O2/c1-12-5-4-6-19(24-12)25-20-13(2)21(15-7-8-15)26(14(3)27)18-10-9-16(22(23)28)11-17(18)20/h4-6,9-11,13,15,20-21H,7-8H2,1-3H3,(H,24,25)/t13-,20-,21-/m1/s1. The number of amides is 1. The molecule has 1 saturated carbocycles. The lowest BCUT2D eigenvalue weighted by Gasteiger charge is -2.46. The lowest BCUT2D eigenvalue weighted by atomic mass is 9.79. The SMILES string of the molecule is CC(=O)N1c2ccc(C(=O)Cl)cc2[C@H](Nc2cccc(C)n2)[C@@H](C)[C@@H]1C1CC1. The molecule has 2 heterocycles. The number of hydrogen-bond acceptors (Lipinski definition) is 4. The minimum absolute atomic E-state index is 0.0297. The van der Waals surface area contributed by atoms with E-state index in [1.165, 1.54) is 0 Å². The van der Waals surface area contributed by atoms with E-state index in [-0.39, 0.29) is 23.9 Å². The Labute approximate surface area is 170 Å². The van der Waals surface area contributed by atoms with Gasteiger partial charge in [0.15, 0.2) is 0 Å². The summed E-state index contributed by atoms with van der Waals surface area (Å²) in [5.74, 6) is 1.49. The molecule has 2 aromatic rings. The summed E-state index contributed by atoms with van der Waals surface area (Å²) >= 11 is 5.75. The highest BCUT2D eigenvalue weighted by Gasteiger charge is 2.47. The normalized spacial score (nSPS) is 23.9. The number of hydrogen-bond donors (Lipinski definition) is 1. The number of halogens is 1. The molecule has 146 valence electrons. The summed E-state index contributed by atoms with van der Waals surface area (Å²) < 4.78 is 0. The molecule has 2 aliphatic rings. The van der Waals surface area contributed by atoms with Gasteiger partial charge in [-0.15, -0.1) is 0 Å². The Morgan fingerprint density at radius 2 is 1.96 bits per heavy atom. The summed E-state index contributed by atoms with van der Waals surface area (Å²) in [6.45, 7) is 5.74. The molecule has 0 spiro atoms. The van der Waals surface area contributed by atoms with E-state index in [4.69, 9.17) is 11.6 Å². The van der Waals surface area contributed by atoms with E-state index in [0.29, 0.717) is 11.5 Å². The lowest BCUT2D eigenvalue weighted by Crippen LogP contribution is -2.51. The summed E-state index contributed by atoms with van der Waals surface area (Å²) in [7, 11) is 0. The molecule has 0 bridgehead atoms. The third-order valence-corrected chi connectivity index (χ3v) is 6.07. The Bertz CT molecular complexity index is 941. The van der Waals surface area contributed by atoms with Crippen LogP contribution in [0, 0.1) is 18.8 Å². The van der Waals surface area contributed by atoms with Gasteiger partial charge in [0.2, 0.25) is 5.91 Å². The number of benzene rings is 1. The van der Waals surface area contributed by atoms with Crippen LogP contribution >= 0.6 is 11.6 Å². The minimum atomic E-state index is -0.499. The van der Waals surface area contributed by atoms with Crippen LogP contribution in [0.5, 0.6) is 0 Å². The molecule has 1 fully saturated rings. The number of carbonyl (C=O) groups is 2. The Morgan fingerprint density at radius 3 is 2.57 bits per heavy atom. The molecular weight excluding hydrogens is 374 g/mol. The van der Waals surface area contributed by atoms with Gasteiger partial charge in [0.25, 0.3) is 5.24 Å². The smallest absolute Gasteiger partial charge is 0.252 e. The van der Waals surface area contributed by atoms with Gasteiger partial charge in [-0.25, -0.2) is 4.98 Å². The number of anilines is 2. The number of pyridine rings is 1. The first-order valence-corrected chi connectivity index (χ1v) is 10.1. The number of rotatable bonds is 4. The third-order valence-electron chi connectivity index (χ3n) is 5.85. The Kier molecular flexibility index (Phi) is 4.88. The van der Waals surface area contributed by atoms with Crippen molar-refractivity contribution in [3.05, 3.63) is 53.2 Å². The van der Waals surface area contributed by atoms with Gasteiger partial charge in [-0.05, 0) is 73.2 Å². The van der Waals surface area contributed by atoms with Gasteiger partial charge < -0.3 is 10.2 Å². The monoisotopic (exact) mass is 397 g/mol. The maximum Gasteiger partial charge on any atom is 0.252 e. The van der Waals surface area contributed by atoms with Crippen molar-refractivity contribution in [3.63, 3.8) is 0 Å². The van der Waals surface area contributed by atoms with Crippen LogP contribution in [0.2, 0.25) is 0 Å². The average molecular weight is 398 g/mol. The second kappa shape index (κ2) is 7.21. The van der Waals surface area contributed by atoms with Gasteiger partial charge >= 0.3 is 0 Å². The molecule has 4 rings (SSSR count). The molecule has 1 aromatic carbocycles. The highest BCUT2D eigenvalue weighted by Crippen LogP contribution is 2.50. The molecule has 0 saturated heterocycles. The van der Waals surface area contributed by atoms with Crippen molar-refractivity contribution in [2.75, 3.05) is 10.2 Å². The van der Waals surface area contributed by atoms with Gasteiger partial charge in [-0.3, -0.25) is 9.59 Å². The van der Waals surface area contributed by atoms with Crippen molar-refractivity contribution in [1.29, 1.82) is 0 Å². The van der Waals surface area contributed by atoms with Crippen LogP contribution in [0.4, 0.5) is 11.5 Å². The molecule has 1 aromatic heterocycles. The zero-order valence-electron chi connectivity index (χ0n) is 16.3. The lowest BCUT2D eigenvalue weighted by molar-refractivity contribution is -0.117. The number of nitrogens with zero attached hydrogens (tertiary/aromatic N) is 2. The maximum atomic E-state index is 12.6. The topological polar surface area (TPSA) is 62.3 Å². The molecule has 1 N–H and O–H groups in total. The van der Waals surface area contributed by atoms with Crippen LogP contribution in [-0.2, 0) is 4.79 Å². The first-order valence-electron chi connectivity index (χ1n) is 9.70. The van der Waals surface area contributed by atoms with E-state index < -0.39 is 5.24 Å². The molecule has 1 aliphatic heterocycles. The Morgan fingerprint density at radius 1 is 1.21 bits per heavy atom. The fourth-order valence-corrected chi connectivity index (χ4v) is 4.59. The summed E-state index contributed by atoms with van der Waals surface area (Å²) in [5, 5.41) is 3.06. The van der Waals surface area contributed by atoms with E-state index in [0.717, 1.165) is 35.6 Å². The summed E-state index contributed by atoms with van der Waals surface area (Å²) in [6.07, 6.45) is 2.28. The van der Waals surface area contributed by atoms with E-state index in [1.54, 1.807) is 13.0 Å². The van der Waals surface area contributed by atoms with Crippen molar-refractivity contribution in [1.82, 2.24) is 4.98 Å². The van der Waals surface area contributed by atoms with Crippen molar-refractivity contribution in [2.45, 2.75) is 45.7 Å². The number of aromatic nitrogens is 1. The number of fused-ring (bicyclic) bond motifs is 1. The summed E-state index contributed by atoms with van der Waals surface area (Å²) in [6, 6.07) is 11.3. The molecule has 0 radical (unpaired) electrons. The van der Waals surface area contributed by atoms with Crippen molar-refractivity contribution in [3.8, 4) is 0 Å². The van der Waals surface area contributed by atoms with Gasteiger partial charge in [-0.1, -0.05) is 13.0 Å². The Balaban J connectivity index is 1.83. The quantitative estimate of drug-likeness (QED) is 0.759. The van der Waals surface area contributed by atoms with Crippen LogP contribution in [0.25, 0.3) is 0 Å². The Hall–Kier alpha value is -2.40. The first-order chi connectivity index (χ1) is 13.4. The van der Waals surface area contributed by atoms with Crippen LogP contribution in [0.15, 0.2) is 36.4 Å². The third kappa shape index (κ3) is 3.39. The number of carbonyl (C=O) groups excluding carboxylic acids is 2. The fraction of sp³-hybridized carbons (Fsp3) is 0.409. The first kappa shape index (κ1) is 18.9. The molecule has 1 aliphatic carbocycles. The molecule has 5 nitrogen and oxygen atoms in total. The zero-order chi connectivity index (χ0) is 20.0. The van der Waals surface area contributed by atoms with Gasteiger partial charge in [0.05, 0.1) is 6.04 Å². The van der Waals surface area contributed by atoms with E-state index in [1.807, 2.05) is 42.2 Å². The molecule has 3 atom stereocenters. The second-order valence-corrected chi connectivity index (χ2v) is 8.25. The fourth-order valence-electron chi connectivity index (χ4n) is 4.47. The second-order valence-electron chi connectivity index (χ2n) is 7.91. The average Bonchev–Trinajstić information content (AvgIpc) is 3.47. The molecule has 6 heteroatoms.